The summed E-state index contributed by atoms with van der Waals surface area (Å²) in [4.78, 5) is 13.1. The summed E-state index contributed by atoms with van der Waals surface area (Å²) in [5, 5.41) is 0. The summed E-state index contributed by atoms with van der Waals surface area (Å²) in [7, 11) is 0. The number of anilines is 1. The van der Waals surface area contributed by atoms with E-state index in [0.29, 0.717) is 57.1 Å². The van der Waals surface area contributed by atoms with Crippen LogP contribution in [0, 0.1) is 5.82 Å². The minimum Gasteiger partial charge on any atom is -0.380 e. The Morgan fingerprint density at radius 3 is 2.25 bits per heavy atom. The number of hydrogen-bond donors (Lipinski definition) is 0. The summed E-state index contributed by atoms with van der Waals surface area (Å²) in [5.74, 6) is -0.412. The van der Waals surface area contributed by atoms with Gasteiger partial charge >= 0.3 is 0 Å². The van der Waals surface area contributed by atoms with Crippen molar-refractivity contribution in [3.63, 3.8) is 0 Å². The predicted octanol–water partition coefficient (Wildman–Crippen LogP) is 2.52. The van der Waals surface area contributed by atoms with Gasteiger partial charge in [-0.3, -0.25) is 4.79 Å². The van der Waals surface area contributed by atoms with Crippen LogP contribution >= 0.6 is 0 Å². The quantitative estimate of drug-likeness (QED) is 0.488. The minimum absolute atomic E-state index is 0.345. The lowest BCUT2D eigenvalue weighted by molar-refractivity contribution is 0.112. The molecule has 0 aromatic heterocycles. The van der Waals surface area contributed by atoms with Gasteiger partial charge in [0.2, 0.25) is 0 Å². The first-order chi connectivity index (χ1) is 9.72. The number of carbonyl (C=O) groups excluding carboxylic acids is 1. The van der Waals surface area contributed by atoms with Gasteiger partial charge in [-0.05, 0) is 32.0 Å². The van der Waals surface area contributed by atoms with Crippen LogP contribution in [0.4, 0.5) is 10.1 Å². The second-order valence-corrected chi connectivity index (χ2v) is 4.20. The van der Waals surface area contributed by atoms with E-state index in [1.54, 1.807) is 6.07 Å². The molecule has 1 rings (SSSR count). The summed E-state index contributed by atoms with van der Waals surface area (Å²) in [6.07, 6.45) is 0.673. The molecule has 0 unspecified atom stereocenters. The summed E-state index contributed by atoms with van der Waals surface area (Å²) in [6.45, 7) is 7.52. The molecule has 1 aromatic carbocycles. The standard InChI is InChI=1S/C15H22FNO3/c1-3-19-9-7-17(8-10-20-4-2)15-6-5-14(16)11-13(15)12-18/h5-6,11-12H,3-4,7-10H2,1-2H3. The fourth-order valence-electron chi connectivity index (χ4n) is 1.90. The highest BCUT2D eigenvalue weighted by Gasteiger charge is 2.12. The number of carbonyl (C=O) groups is 1. The summed E-state index contributed by atoms with van der Waals surface area (Å²) in [5.41, 5.74) is 1.05. The highest BCUT2D eigenvalue weighted by molar-refractivity contribution is 5.84. The zero-order chi connectivity index (χ0) is 14.8. The molecule has 0 saturated heterocycles. The molecule has 5 heteroatoms. The lowest BCUT2D eigenvalue weighted by atomic mass is 10.1. The first kappa shape index (κ1) is 16.6. The summed E-state index contributed by atoms with van der Waals surface area (Å²) < 4.78 is 23.9. The fraction of sp³-hybridized carbons (Fsp3) is 0.533. The third-order valence-electron chi connectivity index (χ3n) is 2.88. The number of rotatable bonds is 10. The maximum absolute atomic E-state index is 13.2. The number of hydrogen-bond acceptors (Lipinski definition) is 4. The van der Waals surface area contributed by atoms with E-state index in [1.807, 2.05) is 18.7 Å². The predicted molar refractivity (Wildman–Crippen MR) is 77.0 cm³/mol. The Balaban J connectivity index is 2.81. The van der Waals surface area contributed by atoms with Crippen LogP contribution in [-0.4, -0.2) is 45.8 Å². The normalized spacial score (nSPS) is 10.6. The van der Waals surface area contributed by atoms with Crippen molar-refractivity contribution in [3.05, 3.63) is 29.6 Å². The van der Waals surface area contributed by atoms with Crippen molar-refractivity contribution in [1.82, 2.24) is 0 Å². The molecule has 0 aliphatic heterocycles. The van der Waals surface area contributed by atoms with Crippen molar-refractivity contribution < 1.29 is 18.7 Å². The third kappa shape index (κ3) is 5.27. The maximum atomic E-state index is 13.2. The molecule has 0 atom stereocenters. The second kappa shape index (κ2) is 9.44. The molecule has 112 valence electrons. The Labute approximate surface area is 119 Å². The van der Waals surface area contributed by atoms with E-state index in [-0.39, 0.29) is 0 Å². The highest BCUT2D eigenvalue weighted by Crippen LogP contribution is 2.20. The van der Waals surface area contributed by atoms with Crippen molar-refractivity contribution >= 4 is 12.0 Å². The molecule has 0 aliphatic carbocycles. The van der Waals surface area contributed by atoms with Crippen molar-refractivity contribution in [2.75, 3.05) is 44.4 Å². The van der Waals surface area contributed by atoms with Gasteiger partial charge in [0.25, 0.3) is 0 Å². The van der Waals surface area contributed by atoms with E-state index in [0.717, 1.165) is 0 Å². The number of aldehydes is 1. The number of nitrogens with zero attached hydrogens (tertiary/aromatic N) is 1. The Kier molecular flexibility index (Phi) is 7.84. The first-order valence-corrected chi connectivity index (χ1v) is 6.88. The smallest absolute Gasteiger partial charge is 0.152 e. The van der Waals surface area contributed by atoms with Gasteiger partial charge in [-0.1, -0.05) is 0 Å². The summed E-state index contributed by atoms with van der Waals surface area (Å²) in [6, 6.07) is 4.23. The van der Waals surface area contributed by atoms with Crippen LogP contribution in [0.15, 0.2) is 18.2 Å². The van der Waals surface area contributed by atoms with Gasteiger partial charge in [-0.2, -0.15) is 0 Å². The lowest BCUT2D eigenvalue weighted by Gasteiger charge is -2.26. The molecule has 0 fully saturated rings. The number of ether oxygens (including phenoxy) is 2. The molecule has 0 aliphatic rings. The number of benzene rings is 1. The van der Waals surface area contributed by atoms with Crippen LogP contribution in [0.3, 0.4) is 0 Å². The van der Waals surface area contributed by atoms with Gasteiger partial charge in [0.05, 0.1) is 13.2 Å². The minimum atomic E-state index is -0.412. The van der Waals surface area contributed by atoms with E-state index < -0.39 is 5.82 Å². The molecule has 0 heterocycles. The van der Waals surface area contributed by atoms with Crippen molar-refractivity contribution in [2.24, 2.45) is 0 Å². The van der Waals surface area contributed by atoms with Gasteiger partial charge in [0, 0.05) is 37.6 Å². The van der Waals surface area contributed by atoms with Crippen LogP contribution in [0.5, 0.6) is 0 Å². The van der Waals surface area contributed by atoms with Gasteiger partial charge in [0.15, 0.2) is 6.29 Å². The van der Waals surface area contributed by atoms with E-state index in [1.165, 1.54) is 12.1 Å². The zero-order valence-electron chi connectivity index (χ0n) is 12.1. The average molecular weight is 283 g/mol. The molecule has 4 nitrogen and oxygen atoms in total. The van der Waals surface area contributed by atoms with Crippen molar-refractivity contribution in [2.45, 2.75) is 13.8 Å². The number of halogens is 1. The van der Waals surface area contributed by atoms with Crippen LogP contribution in [0.1, 0.15) is 24.2 Å². The third-order valence-corrected chi connectivity index (χ3v) is 2.88. The van der Waals surface area contributed by atoms with Crippen LogP contribution in [-0.2, 0) is 9.47 Å². The molecule has 0 bridgehead atoms. The SMILES string of the molecule is CCOCCN(CCOCC)c1ccc(F)cc1C=O. The molecule has 0 spiro atoms. The van der Waals surface area contributed by atoms with Crippen LogP contribution in [0.2, 0.25) is 0 Å². The van der Waals surface area contributed by atoms with Gasteiger partial charge < -0.3 is 14.4 Å². The largest absolute Gasteiger partial charge is 0.380 e. The molecular formula is C15H22FNO3. The molecule has 20 heavy (non-hydrogen) atoms. The Bertz CT molecular complexity index is 402. The highest BCUT2D eigenvalue weighted by atomic mass is 19.1. The van der Waals surface area contributed by atoms with Crippen molar-refractivity contribution in [3.8, 4) is 0 Å². The van der Waals surface area contributed by atoms with E-state index in [9.17, 15) is 9.18 Å². The van der Waals surface area contributed by atoms with E-state index >= 15 is 0 Å². The lowest BCUT2D eigenvalue weighted by Crippen LogP contribution is -2.32. The molecular weight excluding hydrogens is 261 g/mol. The zero-order valence-corrected chi connectivity index (χ0v) is 12.1. The van der Waals surface area contributed by atoms with Gasteiger partial charge in [-0.15, -0.1) is 0 Å². The Morgan fingerprint density at radius 2 is 1.75 bits per heavy atom. The Hall–Kier alpha value is -1.46. The van der Waals surface area contributed by atoms with E-state index in [2.05, 4.69) is 0 Å². The fourth-order valence-corrected chi connectivity index (χ4v) is 1.90. The van der Waals surface area contributed by atoms with Gasteiger partial charge in [-0.25, -0.2) is 4.39 Å². The topological polar surface area (TPSA) is 38.8 Å². The monoisotopic (exact) mass is 283 g/mol. The Morgan fingerprint density at radius 1 is 1.15 bits per heavy atom. The van der Waals surface area contributed by atoms with Gasteiger partial charge in [0.1, 0.15) is 5.82 Å². The molecule has 0 amide bonds. The molecule has 1 aromatic rings. The maximum Gasteiger partial charge on any atom is 0.152 e. The van der Waals surface area contributed by atoms with E-state index in [4.69, 9.17) is 9.47 Å². The van der Waals surface area contributed by atoms with Crippen molar-refractivity contribution in [1.29, 1.82) is 0 Å². The molecule has 0 N–H and O–H groups in total. The molecule has 0 saturated carbocycles. The first-order valence-electron chi connectivity index (χ1n) is 6.88. The average Bonchev–Trinajstić information content (AvgIpc) is 2.46. The van der Waals surface area contributed by atoms with Crippen LogP contribution < -0.4 is 4.90 Å². The second-order valence-electron chi connectivity index (χ2n) is 4.20. The summed E-state index contributed by atoms with van der Waals surface area (Å²) >= 11 is 0. The molecule has 0 radical (unpaired) electrons. The van der Waals surface area contributed by atoms with Crippen LogP contribution in [0.25, 0.3) is 0 Å².